The van der Waals surface area contributed by atoms with Gasteiger partial charge in [-0.25, -0.2) is 14.6 Å². The van der Waals surface area contributed by atoms with Crippen molar-refractivity contribution in [1.29, 1.82) is 0 Å². The van der Waals surface area contributed by atoms with Crippen LogP contribution in [-0.4, -0.2) is 72.1 Å². The van der Waals surface area contributed by atoms with Crippen molar-refractivity contribution in [3.8, 4) is 28.5 Å². The van der Waals surface area contributed by atoms with Gasteiger partial charge in [-0.05, 0) is 19.1 Å². The summed E-state index contributed by atoms with van der Waals surface area (Å²) < 4.78 is 11.1. The molecule has 0 amide bonds. The second-order valence-corrected chi connectivity index (χ2v) is 9.00. The van der Waals surface area contributed by atoms with Crippen LogP contribution in [0.3, 0.4) is 0 Å². The molecule has 1 aliphatic heterocycles. The highest BCUT2D eigenvalue weighted by Crippen LogP contribution is 2.32. The van der Waals surface area contributed by atoms with Crippen LogP contribution in [0.25, 0.3) is 39.6 Å². The largest absolute Gasteiger partial charge is 0.394 e. The van der Waals surface area contributed by atoms with Gasteiger partial charge in [0.15, 0.2) is 11.5 Å². The first-order chi connectivity index (χ1) is 17.6. The molecule has 1 N–H and O–H groups in total. The molecule has 4 aromatic heterocycles. The van der Waals surface area contributed by atoms with Gasteiger partial charge < -0.3 is 19.3 Å². The zero-order valence-electron chi connectivity index (χ0n) is 20.4. The minimum atomic E-state index is 0.0319. The average Bonchev–Trinajstić information content (AvgIpc) is 3.64. The number of pyridine rings is 1. The van der Waals surface area contributed by atoms with Gasteiger partial charge in [-0.2, -0.15) is 10.2 Å². The Balaban J connectivity index is 1.48. The van der Waals surface area contributed by atoms with Crippen LogP contribution in [0.15, 0.2) is 55.0 Å². The standard InChI is InChI=1S/C26H28N8O2/c1-18-4-3-5-19(14-18)21-6-7-34(30-21)23-15-22(32-9-12-36-13-10-32)24-26(28-23)31(2)25(29-24)20-16-27-33(17-20)8-11-35/h3-7,14-17,35H,8-13H2,1-2H3. The monoisotopic (exact) mass is 484 g/mol. The van der Waals surface area contributed by atoms with Crippen LogP contribution in [0.4, 0.5) is 5.69 Å². The van der Waals surface area contributed by atoms with E-state index in [0.717, 1.165) is 58.4 Å². The summed E-state index contributed by atoms with van der Waals surface area (Å²) in [5.74, 6) is 1.50. The number of aliphatic hydroxyl groups excluding tert-OH is 1. The summed E-state index contributed by atoms with van der Waals surface area (Å²) in [6, 6.07) is 12.4. The first-order valence-electron chi connectivity index (χ1n) is 12.1. The highest BCUT2D eigenvalue weighted by atomic mass is 16.5. The molecule has 0 saturated carbocycles. The molecule has 1 aliphatic rings. The number of aryl methyl sites for hydroxylation is 2. The molecule has 36 heavy (non-hydrogen) atoms. The molecule has 0 bridgehead atoms. The number of aromatic nitrogens is 7. The third-order valence-corrected chi connectivity index (χ3v) is 6.50. The molecule has 10 nitrogen and oxygen atoms in total. The molecule has 10 heteroatoms. The number of hydrogen-bond donors (Lipinski definition) is 1. The van der Waals surface area contributed by atoms with Crippen LogP contribution < -0.4 is 4.90 Å². The predicted octanol–water partition coefficient (Wildman–Crippen LogP) is 2.82. The molecular weight excluding hydrogens is 456 g/mol. The van der Waals surface area contributed by atoms with Gasteiger partial charge in [-0.1, -0.05) is 23.8 Å². The molecule has 1 saturated heterocycles. The topological polar surface area (TPSA) is 99.1 Å². The van der Waals surface area contributed by atoms with Crippen LogP contribution >= 0.6 is 0 Å². The van der Waals surface area contributed by atoms with E-state index in [9.17, 15) is 5.11 Å². The SMILES string of the molecule is Cc1cccc(-c2ccn(-c3cc(N4CCOCC4)c4nc(-c5cnn(CCO)c5)n(C)c4n3)n2)c1. The number of ether oxygens (including phenoxy) is 1. The van der Waals surface area contributed by atoms with E-state index in [2.05, 4.69) is 41.2 Å². The highest BCUT2D eigenvalue weighted by Gasteiger charge is 2.22. The Labute approximate surface area is 208 Å². The number of rotatable bonds is 6. The van der Waals surface area contributed by atoms with Crippen molar-refractivity contribution < 1.29 is 9.84 Å². The van der Waals surface area contributed by atoms with Crippen molar-refractivity contribution in [2.24, 2.45) is 7.05 Å². The smallest absolute Gasteiger partial charge is 0.164 e. The van der Waals surface area contributed by atoms with Gasteiger partial charge in [-0.3, -0.25) is 4.68 Å². The molecule has 184 valence electrons. The Morgan fingerprint density at radius 1 is 1.06 bits per heavy atom. The van der Waals surface area contributed by atoms with Gasteiger partial charge >= 0.3 is 0 Å². The molecular formula is C26H28N8O2. The van der Waals surface area contributed by atoms with Crippen molar-refractivity contribution in [3.63, 3.8) is 0 Å². The van der Waals surface area contributed by atoms with Crippen LogP contribution in [0.1, 0.15) is 5.56 Å². The minimum absolute atomic E-state index is 0.0319. The first-order valence-corrected chi connectivity index (χ1v) is 12.1. The fourth-order valence-corrected chi connectivity index (χ4v) is 4.66. The zero-order valence-corrected chi connectivity index (χ0v) is 20.4. The predicted molar refractivity (Wildman–Crippen MR) is 137 cm³/mol. The van der Waals surface area contributed by atoms with Gasteiger partial charge in [-0.15, -0.1) is 0 Å². The molecule has 5 aromatic rings. The summed E-state index contributed by atoms with van der Waals surface area (Å²) in [4.78, 5) is 12.3. The van der Waals surface area contributed by atoms with Crippen molar-refractivity contribution in [3.05, 3.63) is 60.6 Å². The summed E-state index contributed by atoms with van der Waals surface area (Å²) in [6.07, 6.45) is 5.62. The second kappa shape index (κ2) is 9.21. The lowest BCUT2D eigenvalue weighted by Gasteiger charge is -2.29. The van der Waals surface area contributed by atoms with Crippen molar-refractivity contribution >= 4 is 16.9 Å². The molecule has 6 rings (SSSR count). The normalized spacial score (nSPS) is 14.1. The van der Waals surface area contributed by atoms with Gasteiger partial charge in [0.25, 0.3) is 0 Å². The van der Waals surface area contributed by atoms with E-state index in [1.165, 1.54) is 5.56 Å². The number of fused-ring (bicyclic) bond motifs is 1. The van der Waals surface area contributed by atoms with E-state index in [1.807, 2.05) is 40.8 Å². The minimum Gasteiger partial charge on any atom is -0.394 e. The van der Waals surface area contributed by atoms with E-state index in [1.54, 1.807) is 10.9 Å². The van der Waals surface area contributed by atoms with E-state index in [-0.39, 0.29) is 6.61 Å². The van der Waals surface area contributed by atoms with Crippen LogP contribution in [-0.2, 0) is 18.3 Å². The Hall–Kier alpha value is -4.02. The van der Waals surface area contributed by atoms with Crippen molar-refractivity contribution in [2.75, 3.05) is 37.8 Å². The molecule has 0 aliphatic carbocycles. The lowest BCUT2D eigenvalue weighted by molar-refractivity contribution is 0.123. The summed E-state index contributed by atoms with van der Waals surface area (Å²) in [7, 11) is 1.97. The molecule has 0 spiro atoms. The summed E-state index contributed by atoms with van der Waals surface area (Å²) in [6.45, 7) is 5.47. The van der Waals surface area contributed by atoms with Crippen LogP contribution in [0, 0.1) is 6.92 Å². The number of aliphatic hydroxyl groups is 1. The number of nitrogens with zero attached hydrogens (tertiary/aromatic N) is 8. The Morgan fingerprint density at radius 2 is 1.92 bits per heavy atom. The number of anilines is 1. The summed E-state index contributed by atoms with van der Waals surface area (Å²) in [5.41, 5.74) is 6.66. The lowest BCUT2D eigenvalue weighted by atomic mass is 10.1. The molecule has 0 unspecified atom stereocenters. The first kappa shape index (κ1) is 22.4. The lowest BCUT2D eigenvalue weighted by Crippen LogP contribution is -2.36. The van der Waals surface area contributed by atoms with Crippen molar-refractivity contribution in [1.82, 2.24) is 34.1 Å². The second-order valence-electron chi connectivity index (χ2n) is 9.00. The molecule has 5 heterocycles. The molecule has 0 atom stereocenters. The number of morpholine rings is 1. The van der Waals surface area contributed by atoms with Gasteiger partial charge in [0, 0.05) is 44.2 Å². The van der Waals surface area contributed by atoms with Crippen LogP contribution in [0.5, 0.6) is 0 Å². The summed E-state index contributed by atoms with van der Waals surface area (Å²) in [5, 5.41) is 18.5. The Morgan fingerprint density at radius 3 is 2.72 bits per heavy atom. The summed E-state index contributed by atoms with van der Waals surface area (Å²) >= 11 is 0. The van der Waals surface area contributed by atoms with Gasteiger partial charge in [0.2, 0.25) is 0 Å². The fraction of sp³-hybridized carbons (Fsp3) is 0.308. The van der Waals surface area contributed by atoms with E-state index in [4.69, 9.17) is 19.8 Å². The average molecular weight is 485 g/mol. The third-order valence-electron chi connectivity index (χ3n) is 6.50. The maximum Gasteiger partial charge on any atom is 0.164 e. The van der Waals surface area contributed by atoms with Crippen molar-refractivity contribution in [2.45, 2.75) is 13.5 Å². The maximum atomic E-state index is 9.26. The third kappa shape index (κ3) is 4.04. The maximum absolute atomic E-state index is 9.26. The number of benzene rings is 1. The molecule has 1 fully saturated rings. The van der Waals surface area contributed by atoms with Gasteiger partial charge in [0.05, 0.1) is 49.5 Å². The quantitative estimate of drug-likeness (QED) is 0.396. The molecule has 1 aromatic carbocycles. The Kier molecular flexibility index (Phi) is 5.74. The van der Waals surface area contributed by atoms with Gasteiger partial charge in [0.1, 0.15) is 11.3 Å². The van der Waals surface area contributed by atoms with E-state index >= 15 is 0 Å². The number of hydrogen-bond acceptors (Lipinski definition) is 7. The zero-order chi connectivity index (χ0) is 24.6. The Bertz CT molecular complexity index is 1530. The van der Waals surface area contributed by atoms with E-state index < -0.39 is 0 Å². The van der Waals surface area contributed by atoms with Crippen LogP contribution in [0.2, 0.25) is 0 Å². The fourth-order valence-electron chi connectivity index (χ4n) is 4.66. The van der Waals surface area contributed by atoms with E-state index in [0.29, 0.717) is 19.8 Å². The number of imidazole rings is 1. The molecule has 0 radical (unpaired) electrons. The highest BCUT2D eigenvalue weighted by molar-refractivity contribution is 5.90.